The van der Waals surface area contributed by atoms with Gasteiger partial charge in [-0.2, -0.15) is 0 Å². The highest BCUT2D eigenvalue weighted by Crippen LogP contribution is 2.42. The molecule has 3 rings (SSSR count). The molecule has 0 aromatic carbocycles. The van der Waals surface area contributed by atoms with Gasteiger partial charge < -0.3 is 63.7 Å². The fourth-order valence-electron chi connectivity index (χ4n) is 8.79. The molecular weight excluding hydrogens is 720 g/mol. The molecule has 0 aromatic heterocycles. The first-order chi connectivity index (χ1) is 25.5. The lowest BCUT2D eigenvalue weighted by Crippen LogP contribution is -2.61. The average molecular weight is 791 g/mol. The lowest BCUT2D eigenvalue weighted by atomic mass is 9.73. The van der Waals surface area contributed by atoms with E-state index in [-0.39, 0.29) is 43.8 Å². The quantitative estimate of drug-likeness (QED) is 0.0929. The van der Waals surface area contributed by atoms with Crippen LogP contribution in [0.5, 0.6) is 0 Å². The molecule has 0 amide bonds. The van der Waals surface area contributed by atoms with Crippen LogP contribution in [0.3, 0.4) is 0 Å². The lowest BCUT2D eigenvalue weighted by Gasteiger charge is -2.50. The van der Waals surface area contributed by atoms with E-state index in [1.807, 2.05) is 25.9 Å². The summed E-state index contributed by atoms with van der Waals surface area (Å²) in [6, 6.07) is -0.339. The molecular formula is C39H70N2O14. The van der Waals surface area contributed by atoms with Crippen LogP contribution in [-0.2, 0) is 42.7 Å². The molecule has 55 heavy (non-hydrogen) atoms. The third kappa shape index (κ3) is 10.6. The molecule has 3 fully saturated rings. The summed E-state index contributed by atoms with van der Waals surface area (Å²) in [4.78, 5) is 30.3. The third-order valence-electron chi connectivity index (χ3n) is 12.4. The minimum absolute atomic E-state index is 0.0115. The second-order valence-electron chi connectivity index (χ2n) is 17.0. The molecule has 3 aliphatic rings. The molecule has 0 aliphatic carbocycles. The SMILES string of the molecule is CCC1OC(=O)[C@H](C)C(O[C@H]2C[C@@](C)(OC)[C@@H](O)[C@H](C)O2)[C@H](C)[C@@H](O[C@@H]2O[C@H](C)C[C@H](N(C)C)[C@H]2O)[C@](C)(OC/C=N\O)C[C@@H](C)C(=O)[C@H](C)[C@@H](O)[C@]1(C)O. The Morgan fingerprint density at radius 2 is 1.56 bits per heavy atom. The van der Waals surface area contributed by atoms with E-state index in [1.54, 1.807) is 48.5 Å². The number of oxime groups is 1. The van der Waals surface area contributed by atoms with Gasteiger partial charge in [0.2, 0.25) is 0 Å². The highest BCUT2D eigenvalue weighted by Gasteiger charge is 2.54. The number of likely N-dealkylation sites (N-methyl/N-ethyl adjacent to an activating group) is 1. The van der Waals surface area contributed by atoms with Gasteiger partial charge in [0.1, 0.15) is 29.7 Å². The van der Waals surface area contributed by atoms with E-state index in [0.717, 1.165) is 6.21 Å². The van der Waals surface area contributed by atoms with E-state index in [1.165, 1.54) is 21.0 Å². The zero-order chi connectivity index (χ0) is 41.8. The predicted octanol–water partition coefficient (Wildman–Crippen LogP) is 2.27. The zero-order valence-corrected chi connectivity index (χ0v) is 35.1. The average Bonchev–Trinajstić information content (AvgIpc) is 3.12. The monoisotopic (exact) mass is 790 g/mol. The van der Waals surface area contributed by atoms with Crippen LogP contribution in [0.1, 0.15) is 94.9 Å². The molecule has 0 aromatic rings. The fourth-order valence-corrected chi connectivity index (χ4v) is 8.79. The molecule has 5 N–H and O–H groups in total. The zero-order valence-electron chi connectivity index (χ0n) is 35.1. The second-order valence-corrected chi connectivity index (χ2v) is 17.0. The van der Waals surface area contributed by atoms with Crippen LogP contribution >= 0.6 is 0 Å². The number of carbonyl (C=O) groups is 2. The van der Waals surface area contributed by atoms with Crippen LogP contribution in [0.4, 0.5) is 0 Å². The maximum atomic E-state index is 14.3. The maximum absolute atomic E-state index is 14.3. The number of cyclic esters (lactones) is 1. The van der Waals surface area contributed by atoms with Crippen molar-refractivity contribution in [1.82, 2.24) is 4.90 Å². The Kier molecular flexibility index (Phi) is 16.7. The molecule has 16 nitrogen and oxygen atoms in total. The highest BCUT2D eigenvalue weighted by atomic mass is 16.7. The van der Waals surface area contributed by atoms with Crippen LogP contribution in [-0.4, -0.2) is 161 Å². The van der Waals surface area contributed by atoms with Crippen molar-refractivity contribution in [3.8, 4) is 0 Å². The second kappa shape index (κ2) is 19.3. The topological polar surface area (TPSA) is 215 Å². The third-order valence-corrected chi connectivity index (χ3v) is 12.4. The first-order valence-corrected chi connectivity index (χ1v) is 19.6. The number of nitrogens with zero attached hydrogens (tertiary/aromatic N) is 2. The number of Topliss-reactive ketones (excluding diaryl/α,β-unsaturated/α-hetero) is 1. The molecule has 3 heterocycles. The summed E-state index contributed by atoms with van der Waals surface area (Å²) >= 11 is 0. The summed E-state index contributed by atoms with van der Waals surface area (Å²) in [6.45, 7) is 16.5. The van der Waals surface area contributed by atoms with Crippen molar-refractivity contribution >= 4 is 18.0 Å². The van der Waals surface area contributed by atoms with Crippen molar-refractivity contribution in [1.29, 1.82) is 0 Å². The Balaban J connectivity index is 2.29. The van der Waals surface area contributed by atoms with Gasteiger partial charge in [0.25, 0.3) is 0 Å². The number of hydrogen-bond acceptors (Lipinski definition) is 16. The Bertz CT molecular complexity index is 1290. The number of ketones is 1. The number of aliphatic hydroxyl groups excluding tert-OH is 3. The van der Waals surface area contributed by atoms with Gasteiger partial charge in [-0.15, -0.1) is 0 Å². The van der Waals surface area contributed by atoms with Crippen molar-refractivity contribution in [2.45, 2.75) is 179 Å². The number of esters is 1. The molecule has 3 aliphatic heterocycles. The Morgan fingerprint density at radius 3 is 2.13 bits per heavy atom. The number of ether oxygens (including phenoxy) is 7. The van der Waals surface area contributed by atoms with E-state index in [2.05, 4.69) is 5.16 Å². The van der Waals surface area contributed by atoms with Gasteiger partial charge in [0.05, 0.1) is 60.5 Å². The fraction of sp³-hybridized carbons (Fsp3) is 0.923. The van der Waals surface area contributed by atoms with Gasteiger partial charge in [0.15, 0.2) is 12.6 Å². The van der Waals surface area contributed by atoms with Gasteiger partial charge >= 0.3 is 5.97 Å². The molecule has 0 saturated carbocycles. The first-order valence-electron chi connectivity index (χ1n) is 19.6. The van der Waals surface area contributed by atoms with E-state index < -0.39 is 102 Å². The summed E-state index contributed by atoms with van der Waals surface area (Å²) < 4.78 is 44.2. The minimum atomic E-state index is -2.01. The van der Waals surface area contributed by atoms with Crippen LogP contribution in [0, 0.1) is 23.7 Å². The Morgan fingerprint density at radius 1 is 0.927 bits per heavy atom. The van der Waals surface area contributed by atoms with Crippen molar-refractivity contribution in [2.75, 3.05) is 27.8 Å². The van der Waals surface area contributed by atoms with Gasteiger partial charge in [-0.25, -0.2) is 0 Å². The molecule has 320 valence electrons. The summed E-state index contributed by atoms with van der Waals surface area (Å²) in [5, 5.41) is 58.2. The standard InChI is InChI=1S/C39H70N2O14/c1-14-27-39(10,47)32(44)22(4)29(42)20(2)18-38(9,50-16-15-40-48)34(55-36-30(43)26(41(11)12)17-21(3)51-36)23(5)31(24(6)35(46)53-27)54-28-19-37(8,49-13)33(45)25(7)52-28/h15,20-28,30-34,36,43-45,47-48H,14,16-19H2,1-13H3/b40-15-/t20-,21-,22+,23+,24-,25+,26+,27?,28+,30-,31?,32-,33+,34-,36+,37-,38-,39-/m1/s1. The number of methoxy groups -OCH3 is 1. The first kappa shape index (κ1) is 47.5. The smallest absolute Gasteiger partial charge is 0.311 e. The molecule has 18 atom stereocenters. The predicted molar refractivity (Wildman–Crippen MR) is 200 cm³/mol. The minimum Gasteiger partial charge on any atom is -0.459 e. The Hall–Kier alpha value is -1.83. The normalized spacial score (nSPS) is 47.1. The number of carbonyl (C=O) groups excluding carboxylic acids is 2. The van der Waals surface area contributed by atoms with Crippen molar-refractivity contribution in [3.05, 3.63) is 0 Å². The molecule has 0 bridgehead atoms. The van der Waals surface area contributed by atoms with Crippen LogP contribution < -0.4 is 0 Å². The molecule has 3 saturated heterocycles. The van der Waals surface area contributed by atoms with E-state index in [9.17, 15) is 35.2 Å². The Labute approximate surface area is 326 Å². The molecule has 0 spiro atoms. The van der Waals surface area contributed by atoms with Crippen LogP contribution in [0.25, 0.3) is 0 Å². The number of rotatable bonds is 10. The lowest BCUT2D eigenvalue weighted by molar-refractivity contribution is -0.320. The summed E-state index contributed by atoms with van der Waals surface area (Å²) in [6.07, 6.45) is -8.48. The van der Waals surface area contributed by atoms with Gasteiger partial charge in [-0.05, 0) is 74.9 Å². The van der Waals surface area contributed by atoms with E-state index in [0.29, 0.717) is 6.42 Å². The van der Waals surface area contributed by atoms with Crippen molar-refractivity contribution in [2.24, 2.45) is 28.8 Å². The maximum Gasteiger partial charge on any atom is 0.311 e. The molecule has 0 radical (unpaired) electrons. The van der Waals surface area contributed by atoms with Gasteiger partial charge in [-0.1, -0.05) is 32.9 Å². The number of hydrogen-bond donors (Lipinski definition) is 5. The van der Waals surface area contributed by atoms with E-state index >= 15 is 0 Å². The van der Waals surface area contributed by atoms with Gasteiger partial charge in [-0.3, -0.25) is 9.59 Å². The summed E-state index contributed by atoms with van der Waals surface area (Å²) in [7, 11) is 5.19. The highest BCUT2D eigenvalue weighted by molar-refractivity contribution is 5.83. The van der Waals surface area contributed by atoms with Crippen LogP contribution in [0.15, 0.2) is 5.16 Å². The van der Waals surface area contributed by atoms with Crippen LogP contribution in [0.2, 0.25) is 0 Å². The summed E-state index contributed by atoms with van der Waals surface area (Å²) in [5.74, 6) is -4.93. The van der Waals surface area contributed by atoms with Crippen molar-refractivity contribution in [3.63, 3.8) is 0 Å². The van der Waals surface area contributed by atoms with Crippen molar-refractivity contribution < 1.29 is 68.4 Å². The molecule has 2 unspecified atom stereocenters. The summed E-state index contributed by atoms with van der Waals surface area (Å²) in [5.41, 5.74) is -4.53. The van der Waals surface area contributed by atoms with Gasteiger partial charge in [0, 0.05) is 37.3 Å². The van der Waals surface area contributed by atoms with E-state index in [4.69, 9.17) is 33.2 Å². The number of aliphatic hydroxyl groups is 4. The molecule has 16 heteroatoms. The largest absolute Gasteiger partial charge is 0.459 e.